The maximum Gasteiger partial charge on any atom is 0.252 e. The highest BCUT2D eigenvalue weighted by atomic mass is 19.1. The van der Waals surface area contributed by atoms with E-state index in [2.05, 4.69) is 10.3 Å². The van der Waals surface area contributed by atoms with Crippen molar-refractivity contribution in [2.24, 2.45) is 11.7 Å². The molecule has 3 rings (SSSR count). The van der Waals surface area contributed by atoms with Crippen LogP contribution in [0.4, 0.5) is 15.9 Å². The van der Waals surface area contributed by atoms with Crippen LogP contribution in [0.3, 0.4) is 0 Å². The summed E-state index contributed by atoms with van der Waals surface area (Å²) in [5, 5.41) is 13.7. The van der Waals surface area contributed by atoms with Gasteiger partial charge in [0, 0.05) is 24.6 Å². The molecule has 1 aromatic heterocycles. The van der Waals surface area contributed by atoms with Gasteiger partial charge in [-0.05, 0) is 30.3 Å². The highest BCUT2D eigenvalue weighted by Gasteiger charge is 2.40. The van der Waals surface area contributed by atoms with Gasteiger partial charge in [0.15, 0.2) is 0 Å². The molecule has 0 bridgehead atoms. The number of anilines is 2. The van der Waals surface area contributed by atoms with Crippen molar-refractivity contribution in [2.45, 2.75) is 26.1 Å². The molecule has 0 saturated heterocycles. The van der Waals surface area contributed by atoms with Gasteiger partial charge >= 0.3 is 0 Å². The number of hydrogen-bond acceptors (Lipinski definition) is 5. The van der Waals surface area contributed by atoms with Crippen LogP contribution in [-0.2, 0) is 4.79 Å². The van der Waals surface area contributed by atoms with Crippen LogP contribution in [-0.4, -0.2) is 28.1 Å². The number of nitrogens with one attached hydrogen (secondary N) is 1. The van der Waals surface area contributed by atoms with E-state index in [-0.39, 0.29) is 17.3 Å². The van der Waals surface area contributed by atoms with E-state index in [1.54, 1.807) is 13.0 Å². The number of pyridine rings is 1. The molecule has 136 valence electrons. The second-order valence-electron chi connectivity index (χ2n) is 6.25. The number of benzene rings is 1. The molecule has 2 amide bonds. The van der Waals surface area contributed by atoms with Crippen molar-refractivity contribution in [3.8, 4) is 0 Å². The van der Waals surface area contributed by atoms with Crippen molar-refractivity contribution in [1.29, 1.82) is 0 Å². The summed E-state index contributed by atoms with van der Waals surface area (Å²) >= 11 is 0. The SMILES string of the molecule is CC(=O)N1c2ccc(F)cc2C(Nc2ncccc2C(N)=O)[C@@H](C)[C@@H]1O. The second kappa shape index (κ2) is 6.72. The Hall–Kier alpha value is -3.00. The number of aliphatic hydroxyl groups is 1. The molecule has 8 heteroatoms. The number of nitrogens with two attached hydrogens (primary N) is 1. The first-order valence-corrected chi connectivity index (χ1v) is 8.10. The van der Waals surface area contributed by atoms with E-state index in [0.717, 1.165) is 0 Å². The van der Waals surface area contributed by atoms with Gasteiger partial charge < -0.3 is 16.2 Å². The van der Waals surface area contributed by atoms with Crippen molar-refractivity contribution in [3.05, 3.63) is 53.5 Å². The van der Waals surface area contributed by atoms with E-state index in [1.807, 2.05) is 0 Å². The van der Waals surface area contributed by atoms with Crippen molar-refractivity contribution in [3.63, 3.8) is 0 Å². The minimum absolute atomic E-state index is 0.182. The number of carbonyl (C=O) groups excluding carboxylic acids is 2. The fourth-order valence-electron chi connectivity index (χ4n) is 3.26. The molecule has 0 spiro atoms. The monoisotopic (exact) mass is 358 g/mol. The van der Waals surface area contributed by atoms with E-state index < -0.39 is 29.9 Å². The normalized spacial score (nSPS) is 21.8. The first-order valence-electron chi connectivity index (χ1n) is 8.10. The highest BCUT2D eigenvalue weighted by molar-refractivity contribution is 5.97. The van der Waals surface area contributed by atoms with Crippen LogP contribution in [0.5, 0.6) is 0 Å². The number of amides is 2. The lowest BCUT2D eigenvalue weighted by atomic mass is 9.86. The number of hydrogen-bond donors (Lipinski definition) is 3. The Labute approximate surface area is 149 Å². The van der Waals surface area contributed by atoms with Crippen molar-refractivity contribution < 1.29 is 19.1 Å². The van der Waals surface area contributed by atoms with Gasteiger partial charge in [-0.3, -0.25) is 14.5 Å². The third-order valence-electron chi connectivity index (χ3n) is 4.55. The maximum atomic E-state index is 13.9. The maximum absolute atomic E-state index is 13.9. The molecule has 0 saturated carbocycles. The molecular formula is C18H19FN4O3. The average molecular weight is 358 g/mol. The van der Waals surface area contributed by atoms with Gasteiger partial charge in [-0.1, -0.05) is 6.92 Å². The van der Waals surface area contributed by atoms with Crippen LogP contribution in [0.1, 0.15) is 35.8 Å². The third kappa shape index (κ3) is 2.99. The molecular weight excluding hydrogens is 339 g/mol. The number of rotatable bonds is 3. The smallest absolute Gasteiger partial charge is 0.252 e. The fourth-order valence-corrected chi connectivity index (χ4v) is 3.26. The minimum Gasteiger partial charge on any atom is -0.373 e. The van der Waals surface area contributed by atoms with Crippen LogP contribution in [0.25, 0.3) is 0 Å². The third-order valence-corrected chi connectivity index (χ3v) is 4.55. The molecule has 2 heterocycles. The number of nitrogens with zero attached hydrogens (tertiary/aromatic N) is 2. The molecule has 1 aliphatic rings. The number of carbonyl (C=O) groups is 2. The van der Waals surface area contributed by atoms with Gasteiger partial charge in [0.05, 0.1) is 17.3 Å². The minimum atomic E-state index is -1.12. The van der Waals surface area contributed by atoms with Gasteiger partial charge in [-0.2, -0.15) is 0 Å². The van der Waals surface area contributed by atoms with E-state index >= 15 is 0 Å². The number of halogens is 1. The molecule has 0 fully saturated rings. The summed E-state index contributed by atoms with van der Waals surface area (Å²) in [6.45, 7) is 3.06. The number of primary amides is 1. The summed E-state index contributed by atoms with van der Waals surface area (Å²) in [5.74, 6) is -1.76. The number of aliphatic hydroxyl groups excluding tert-OH is 1. The Morgan fingerprint density at radius 1 is 1.35 bits per heavy atom. The molecule has 1 unspecified atom stereocenters. The topological polar surface area (TPSA) is 109 Å². The lowest BCUT2D eigenvalue weighted by molar-refractivity contribution is -0.119. The number of fused-ring (bicyclic) bond motifs is 1. The van der Waals surface area contributed by atoms with Gasteiger partial charge in [0.25, 0.3) is 5.91 Å². The van der Waals surface area contributed by atoms with Crippen molar-refractivity contribution in [1.82, 2.24) is 4.98 Å². The van der Waals surface area contributed by atoms with Crippen LogP contribution in [0.15, 0.2) is 36.5 Å². The van der Waals surface area contributed by atoms with Crippen LogP contribution in [0, 0.1) is 11.7 Å². The van der Waals surface area contributed by atoms with Gasteiger partial charge in [-0.15, -0.1) is 0 Å². The highest BCUT2D eigenvalue weighted by Crippen LogP contribution is 2.42. The predicted molar refractivity (Wildman–Crippen MR) is 93.8 cm³/mol. The Morgan fingerprint density at radius 3 is 2.73 bits per heavy atom. The Balaban J connectivity index is 2.10. The van der Waals surface area contributed by atoms with E-state index in [1.165, 1.54) is 42.3 Å². The fraction of sp³-hybridized carbons (Fsp3) is 0.278. The summed E-state index contributed by atoms with van der Waals surface area (Å²) in [5.41, 5.74) is 6.45. The quantitative estimate of drug-likeness (QED) is 0.775. The van der Waals surface area contributed by atoms with Gasteiger partial charge in [-0.25, -0.2) is 9.37 Å². The summed E-state index contributed by atoms with van der Waals surface area (Å²) in [7, 11) is 0. The standard InChI is InChI=1S/C18H19FN4O3/c1-9-15(22-17-12(16(20)25)4-3-7-21-17)13-8-11(19)5-6-14(13)23(10(2)24)18(9)26/h3-9,15,18,26H,1-2H3,(H2,20,25)(H,21,22)/t9-,15?,18+/m1/s1. The summed E-state index contributed by atoms with van der Waals surface area (Å²) in [6, 6.07) is 6.50. The average Bonchev–Trinajstić information content (AvgIpc) is 2.59. The molecule has 1 aromatic carbocycles. The molecule has 7 nitrogen and oxygen atoms in total. The Morgan fingerprint density at radius 2 is 2.08 bits per heavy atom. The van der Waals surface area contributed by atoms with Crippen molar-refractivity contribution >= 4 is 23.3 Å². The van der Waals surface area contributed by atoms with Crippen LogP contribution >= 0.6 is 0 Å². The summed E-state index contributed by atoms with van der Waals surface area (Å²) in [6.07, 6.45) is 0.372. The molecule has 2 aromatic rings. The second-order valence-corrected chi connectivity index (χ2v) is 6.25. The van der Waals surface area contributed by atoms with Gasteiger partial charge in [0.2, 0.25) is 5.91 Å². The summed E-state index contributed by atoms with van der Waals surface area (Å²) in [4.78, 5) is 29.0. The Kier molecular flexibility index (Phi) is 4.60. The molecule has 1 aliphatic heterocycles. The van der Waals surface area contributed by atoms with Gasteiger partial charge in [0.1, 0.15) is 17.9 Å². The van der Waals surface area contributed by atoms with E-state index in [9.17, 15) is 19.1 Å². The summed E-state index contributed by atoms with van der Waals surface area (Å²) < 4.78 is 13.9. The largest absolute Gasteiger partial charge is 0.373 e. The van der Waals surface area contributed by atoms with E-state index in [0.29, 0.717) is 11.3 Å². The first kappa shape index (κ1) is 17.8. The van der Waals surface area contributed by atoms with Crippen molar-refractivity contribution in [2.75, 3.05) is 10.2 Å². The predicted octanol–water partition coefficient (Wildman–Crippen LogP) is 1.79. The zero-order valence-electron chi connectivity index (χ0n) is 14.3. The zero-order chi connectivity index (χ0) is 19.0. The molecule has 0 radical (unpaired) electrons. The molecule has 26 heavy (non-hydrogen) atoms. The molecule has 0 aliphatic carbocycles. The molecule has 3 atom stereocenters. The number of aromatic nitrogens is 1. The van der Waals surface area contributed by atoms with Crippen LogP contribution < -0.4 is 16.0 Å². The molecule has 4 N–H and O–H groups in total. The van der Waals surface area contributed by atoms with E-state index in [4.69, 9.17) is 5.73 Å². The van der Waals surface area contributed by atoms with Crippen LogP contribution in [0.2, 0.25) is 0 Å². The lowest BCUT2D eigenvalue weighted by Gasteiger charge is -2.42. The zero-order valence-corrected chi connectivity index (χ0v) is 14.3. The first-order chi connectivity index (χ1) is 12.3. The lowest BCUT2D eigenvalue weighted by Crippen LogP contribution is -2.50. The Bertz CT molecular complexity index is 873.